The third-order valence-corrected chi connectivity index (χ3v) is 3.57. The van der Waals surface area contributed by atoms with Gasteiger partial charge in [0.25, 0.3) is 0 Å². The maximum atomic E-state index is 12.4. The van der Waals surface area contributed by atoms with E-state index < -0.39 is 29.6 Å². The summed E-state index contributed by atoms with van der Waals surface area (Å²) < 4.78 is 9.80. The normalized spacial score (nSPS) is 12.2. The number of rotatable bonds is 7. The molecule has 0 aliphatic rings. The van der Waals surface area contributed by atoms with Crippen LogP contribution >= 0.6 is 0 Å². The molecule has 7 heteroatoms. The number of esters is 1. The molecule has 0 heterocycles. The molecule has 1 aromatic carbocycles. The van der Waals surface area contributed by atoms with Gasteiger partial charge in [0, 0.05) is 0 Å². The molecule has 1 rings (SSSR count). The van der Waals surface area contributed by atoms with Gasteiger partial charge in [-0.05, 0) is 25.3 Å². The van der Waals surface area contributed by atoms with Crippen molar-refractivity contribution < 1.29 is 23.9 Å². The van der Waals surface area contributed by atoms with E-state index in [9.17, 15) is 14.4 Å². The molecule has 0 saturated heterocycles. The van der Waals surface area contributed by atoms with Crippen LogP contribution in [0, 0.1) is 5.92 Å². The molecule has 7 nitrogen and oxygen atoms in total. The topological polar surface area (TPSA) is 93.7 Å². The molecule has 0 spiro atoms. The Hall–Kier alpha value is -2.57. The van der Waals surface area contributed by atoms with Crippen LogP contribution in [0.4, 0.5) is 4.79 Å². The number of alkyl carbamates (subject to hydrolysis) is 1. The molecule has 1 atom stereocenters. The lowest BCUT2D eigenvalue weighted by molar-refractivity contribution is -0.149. The Morgan fingerprint density at radius 2 is 1.72 bits per heavy atom. The molecule has 25 heavy (non-hydrogen) atoms. The second-order valence-electron chi connectivity index (χ2n) is 6.53. The van der Waals surface area contributed by atoms with E-state index in [-0.39, 0.29) is 12.5 Å². The van der Waals surface area contributed by atoms with Crippen LogP contribution in [0.1, 0.15) is 33.3 Å². The van der Waals surface area contributed by atoms with E-state index >= 15 is 0 Å². The molecule has 0 unspecified atom stereocenters. The van der Waals surface area contributed by atoms with Crippen LogP contribution in [-0.2, 0) is 25.7 Å². The first-order valence-electron chi connectivity index (χ1n) is 8.05. The fourth-order valence-electron chi connectivity index (χ4n) is 2.12. The standard InChI is InChI=1S/C18H26N2O5/c1-12(2)14(15(21)20-18(3,4)16(22)24-5)19-17(23)25-11-13-9-7-6-8-10-13/h6-10,12,14H,11H2,1-5H3,(H,19,23)(H,20,21)/t14-/m0/s1. The minimum absolute atomic E-state index is 0.104. The Morgan fingerprint density at radius 1 is 1.12 bits per heavy atom. The molecular weight excluding hydrogens is 324 g/mol. The first kappa shape index (κ1) is 20.5. The lowest BCUT2D eigenvalue weighted by Gasteiger charge is -2.28. The van der Waals surface area contributed by atoms with Crippen molar-refractivity contribution in [3.05, 3.63) is 35.9 Å². The maximum absolute atomic E-state index is 12.4. The van der Waals surface area contributed by atoms with Crippen LogP contribution in [0.5, 0.6) is 0 Å². The number of methoxy groups -OCH3 is 1. The van der Waals surface area contributed by atoms with Gasteiger partial charge in [0.2, 0.25) is 5.91 Å². The molecule has 0 fully saturated rings. The zero-order valence-electron chi connectivity index (χ0n) is 15.3. The van der Waals surface area contributed by atoms with Crippen molar-refractivity contribution in [2.45, 2.75) is 45.9 Å². The van der Waals surface area contributed by atoms with Gasteiger partial charge in [-0.25, -0.2) is 9.59 Å². The molecule has 0 radical (unpaired) electrons. The summed E-state index contributed by atoms with van der Waals surface area (Å²) in [6.07, 6.45) is -0.700. The molecule has 0 aliphatic carbocycles. The highest BCUT2D eigenvalue weighted by Gasteiger charge is 2.34. The van der Waals surface area contributed by atoms with E-state index in [1.807, 2.05) is 30.3 Å². The minimum atomic E-state index is -1.20. The lowest BCUT2D eigenvalue weighted by Crippen LogP contribution is -2.58. The number of benzene rings is 1. The van der Waals surface area contributed by atoms with Crippen LogP contribution in [0.15, 0.2) is 30.3 Å². The van der Waals surface area contributed by atoms with E-state index in [2.05, 4.69) is 15.4 Å². The highest BCUT2D eigenvalue weighted by molar-refractivity contribution is 5.91. The van der Waals surface area contributed by atoms with Crippen molar-refractivity contribution in [2.75, 3.05) is 7.11 Å². The van der Waals surface area contributed by atoms with Crippen LogP contribution in [0.3, 0.4) is 0 Å². The SMILES string of the molecule is COC(=O)C(C)(C)NC(=O)[C@@H](NC(=O)OCc1ccccc1)C(C)C. The monoisotopic (exact) mass is 350 g/mol. The van der Waals surface area contributed by atoms with Gasteiger partial charge in [-0.1, -0.05) is 44.2 Å². The van der Waals surface area contributed by atoms with E-state index in [4.69, 9.17) is 4.74 Å². The van der Waals surface area contributed by atoms with Gasteiger partial charge in [0.1, 0.15) is 18.2 Å². The number of hydrogen-bond donors (Lipinski definition) is 2. The van der Waals surface area contributed by atoms with E-state index in [0.29, 0.717) is 0 Å². The van der Waals surface area contributed by atoms with E-state index in [1.54, 1.807) is 13.8 Å². The molecule has 138 valence electrons. The summed E-state index contributed by atoms with van der Waals surface area (Å²) in [7, 11) is 1.25. The fourth-order valence-corrected chi connectivity index (χ4v) is 2.12. The Bertz CT molecular complexity index is 599. The highest BCUT2D eigenvalue weighted by Crippen LogP contribution is 2.09. The van der Waals surface area contributed by atoms with Crippen molar-refractivity contribution in [1.29, 1.82) is 0 Å². The average molecular weight is 350 g/mol. The van der Waals surface area contributed by atoms with Gasteiger partial charge >= 0.3 is 12.1 Å². The second kappa shape index (κ2) is 9.05. The maximum Gasteiger partial charge on any atom is 0.408 e. The first-order valence-corrected chi connectivity index (χ1v) is 8.05. The summed E-state index contributed by atoms with van der Waals surface area (Å²) in [5.74, 6) is -1.25. The van der Waals surface area contributed by atoms with Crippen LogP contribution in [-0.4, -0.2) is 36.7 Å². The zero-order valence-corrected chi connectivity index (χ0v) is 15.3. The molecule has 2 N–H and O–H groups in total. The van der Waals surface area contributed by atoms with E-state index in [1.165, 1.54) is 21.0 Å². The quantitative estimate of drug-likeness (QED) is 0.734. The fraction of sp³-hybridized carbons (Fsp3) is 0.500. The Balaban J connectivity index is 2.65. The predicted octanol–water partition coefficient (Wildman–Crippen LogP) is 2.01. The van der Waals surface area contributed by atoms with Crippen molar-refractivity contribution in [2.24, 2.45) is 5.92 Å². The van der Waals surface area contributed by atoms with Crippen molar-refractivity contribution in [3.8, 4) is 0 Å². The van der Waals surface area contributed by atoms with Crippen molar-refractivity contribution >= 4 is 18.0 Å². The summed E-state index contributed by atoms with van der Waals surface area (Å²) in [6.45, 7) is 6.73. The molecular formula is C18H26N2O5. The van der Waals surface area contributed by atoms with Gasteiger partial charge < -0.3 is 20.1 Å². The molecule has 1 aromatic rings. The van der Waals surface area contributed by atoms with Crippen molar-refractivity contribution in [3.63, 3.8) is 0 Å². The largest absolute Gasteiger partial charge is 0.467 e. The number of carbonyl (C=O) groups is 3. The summed E-state index contributed by atoms with van der Waals surface area (Å²) in [4.78, 5) is 36.1. The molecule has 0 aliphatic heterocycles. The van der Waals surface area contributed by atoms with Crippen LogP contribution in [0.25, 0.3) is 0 Å². The van der Waals surface area contributed by atoms with Gasteiger partial charge in [-0.2, -0.15) is 0 Å². The van der Waals surface area contributed by atoms with Crippen LogP contribution < -0.4 is 10.6 Å². The molecule has 0 saturated carbocycles. The van der Waals surface area contributed by atoms with Gasteiger partial charge in [0.05, 0.1) is 7.11 Å². The highest BCUT2D eigenvalue weighted by atomic mass is 16.5. The van der Waals surface area contributed by atoms with Crippen molar-refractivity contribution in [1.82, 2.24) is 10.6 Å². The Labute approximate surface area is 148 Å². The number of carbonyl (C=O) groups excluding carboxylic acids is 3. The summed E-state index contributed by atoms with van der Waals surface area (Å²) >= 11 is 0. The third-order valence-electron chi connectivity index (χ3n) is 3.57. The van der Waals surface area contributed by atoms with Gasteiger partial charge in [0.15, 0.2) is 0 Å². The van der Waals surface area contributed by atoms with Gasteiger partial charge in [-0.3, -0.25) is 4.79 Å². The Morgan fingerprint density at radius 3 is 2.24 bits per heavy atom. The first-order chi connectivity index (χ1) is 11.7. The summed E-state index contributed by atoms with van der Waals surface area (Å²) in [6, 6.07) is 8.38. The Kier molecular flexibility index (Phi) is 7.42. The van der Waals surface area contributed by atoms with Crippen LogP contribution in [0.2, 0.25) is 0 Å². The summed E-state index contributed by atoms with van der Waals surface area (Å²) in [5, 5.41) is 5.12. The zero-order chi connectivity index (χ0) is 19.0. The molecule has 0 bridgehead atoms. The lowest BCUT2D eigenvalue weighted by atomic mass is 10.0. The smallest absolute Gasteiger partial charge is 0.408 e. The minimum Gasteiger partial charge on any atom is -0.467 e. The van der Waals surface area contributed by atoms with Gasteiger partial charge in [-0.15, -0.1) is 0 Å². The average Bonchev–Trinajstić information content (AvgIpc) is 2.57. The number of amides is 2. The summed E-state index contributed by atoms with van der Waals surface area (Å²) in [5.41, 5.74) is -0.357. The predicted molar refractivity (Wildman–Crippen MR) is 92.6 cm³/mol. The van der Waals surface area contributed by atoms with E-state index in [0.717, 1.165) is 5.56 Å². The number of hydrogen-bond acceptors (Lipinski definition) is 5. The number of nitrogens with one attached hydrogen (secondary N) is 2. The number of ether oxygens (including phenoxy) is 2. The second-order valence-corrected chi connectivity index (χ2v) is 6.53. The molecule has 2 amide bonds. The molecule has 0 aromatic heterocycles. The third kappa shape index (κ3) is 6.45.